The third-order valence-corrected chi connectivity index (χ3v) is 6.88. The van der Waals surface area contributed by atoms with E-state index in [0.717, 1.165) is 45.3 Å². The number of aromatic amines is 1. The molecule has 3 aromatic carbocycles. The van der Waals surface area contributed by atoms with Crippen LogP contribution in [0.4, 0.5) is 5.69 Å². The second-order valence-electron chi connectivity index (χ2n) is 8.10. The molecule has 0 fully saturated rings. The van der Waals surface area contributed by atoms with Gasteiger partial charge in [0.1, 0.15) is 11.5 Å². The molecule has 1 aromatic heterocycles. The van der Waals surface area contributed by atoms with E-state index >= 15 is 0 Å². The summed E-state index contributed by atoms with van der Waals surface area (Å²) in [4.78, 5) is 21.4. The molecule has 0 aliphatic heterocycles. The van der Waals surface area contributed by atoms with Crippen LogP contribution in [0.3, 0.4) is 0 Å². The van der Waals surface area contributed by atoms with E-state index < -0.39 is 0 Å². The zero-order valence-electron chi connectivity index (χ0n) is 20.3. The van der Waals surface area contributed by atoms with Gasteiger partial charge >= 0.3 is 0 Å². The summed E-state index contributed by atoms with van der Waals surface area (Å²) < 4.78 is 10.6. The molecule has 7 heteroatoms. The molecule has 0 bridgehead atoms. The van der Waals surface area contributed by atoms with E-state index in [1.807, 2.05) is 86.6 Å². The van der Waals surface area contributed by atoms with Crippen molar-refractivity contribution in [3.63, 3.8) is 0 Å². The van der Waals surface area contributed by atoms with Crippen molar-refractivity contribution in [3.8, 4) is 34.0 Å². The Morgan fingerprint density at radius 2 is 1.60 bits per heavy atom. The van der Waals surface area contributed by atoms with Gasteiger partial charge in [0.05, 0.1) is 30.9 Å². The van der Waals surface area contributed by atoms with Gasteiger partial charge in [0.25, 0.3) is 0 Å². The number of methoxy groups -OCH3 is 2. The lowest BCUT2D eigenvalue weighted by Crippen LogP contribution is -2.24. The number of amides is 1. The number of hydrogen-bond acceptors (Lipinski definition) is 5. The maximum absolute atomic E-state index is 13.0. The number of carbonyl (C=O) groups is 1. The van der Waals surface area contributed by atoms with E-state index in [1.165, 1.54) is 11.8 Å². The second kappa shape index (κ2) is 11.1. The maximum Gasteiger partial charge on any atom is 0.237 e. The number of aromatic nitrogens is 2. The van der Waals surface area contributed by atoms with Crippen LogP contribution >= 0.6 is 11.8 Å². The lowest BCUT2D eigenvalue weighted by Gasteiger charge is -2.13. The zero-order chi connectivity index (χ0) is 24.8. The highest BCUT2D eigenvalue weighted by atomic mass is 32.2. The van der Waals surface area contributed by atoms with Gasteiger partial charge in [-0.15, -0.1) is 0 Å². The Labute approximate surface area is 210 Å². The number of carbonyl (C=O) groups excluding carboxylic acids is 1. The molecule has 4 aromatic rings. The Kier molecular flexibility index (Phi) is 7.77. The number of H-pyrrole nitrogens is 1. The van der Waals surface area contributed by atoms with E-state index in [2.05, 4.69) is 10.3 Å². The van der Waals surface area contributed by atoms with Gasteiger partial charge in [-0.2, -0.15) is 0 Å². The molecule has 1 amide bonds. The van der Waals surface area contributed by atoms with Crippen LogP contribution in [0.2, 0.25) is 0 Å². The first-order chi connectivity index (χ1) is 17.0. The molecule has 0 aliphatic rings. The van der Waals surface area contributed by atoms with Gasteiger partial charge in [0, 0.05) is 16.8 Å². The smallest absolute Gasteiger partial charge is 0.237 e. The number of rotatable bonds is 9. The van der Waals surface area contributed by atoms with E-state index in [9.17, 15) is 4.79 Å². The molecule has 6 nitrogen and oxygen atoms in total. The highest BCUT2D eigenvalue weighted by molar-refractivity contribution is 8.00. The fourth-order valence-electron chi connectivity index (χ4n) is 3.73. The van der Waals surface area contributed by atoms with Crippen molar-refractivity contribution in [1.29, 1.82) is 0 Å². The molecule has 35 heavy (non-hydrogen) atoms. The normalized spacial score (nSPS) is 11.7. The van der Waals surface area contributed by atoms with Crippen LogP contribution in [0.15, 0.2) is 78.0 Å². The van der Waals surface area contributed by atoms with E-state index in [4.69, 9.17) is 14.5 Å². The number of thioether (sulfide) groups is 1. The van der Waals surface area contributed by atoms with Crippen molar-refractivity contribution in [1.82, 2.24) is 9.97 Å². The Bertz CT molecular complexity index is 1220. The molecular formula is C28H29N3O3S. The lowest BCUT2D eigenvalue weighted by molar-refractivity contribution is -0.115. The van der Waals surface area contributed by atoms with Gasteiger partial charge in [0.2, 0.25) is 5.91 Å². The first-order valence-electron chi connectivity index (χ1n) is 11.4. The largest absolute Gasteiger partial charge is 0.497 e. The standard InChI is InChI=1S/C28H29N3O3S/c1-5-24(27(32)29-21-8-6-7-18(2)17-21)35-28-30-25(19-9-13-22(33-3)14-10-19)26(31-28)20-11-15-23(34-4)16-12-20/h6-17,24H,5H2,1-4H3,(H,29,32)(H,30,31). The fraction of sp³-hybridized carbons (Fsp3) is 0.214. The third-order valence-electron chi connectivity index (χ3n) is 5.63. The highest BCUT2D eigenvalue weighted by Gasteiger charge is 2.22. The predicted octanol–water partition coefficient (Wildman–Crippen LogP) is 6.58. The van der Waals surface area contributed by atoms with Gasteiger partial charge in [-0.05, 0) is 79.6 Å². The number of nitrogens with one attached hydrogen (secondary N) is 2. The minimum atomic E-state index is -0.297. The molecule has 1 heterocycles. The van der Waals surface area contributed by atoms with Crippen LogP contribution in [0.25, 0.3) is 22.5 Å². The summed E-state index contributed by atoms with van der Waals surface area (Å²) in [6, 6.07) is 23.4. The summed E-state index contributed by atoms with van der Waals surface area (Å²) in [5.74, 6) is 1.52. The second-order valence-corrected chi connectivity index (χ2v) is 9.29. The van der Waals surface area contributed by atoms with Gasteiger partial charge < -0.3 is 19.8 Å². The van der Waals surface area contributed by atoms with Gasteiger partial charge in [-0.1, -0.05) is 30.8 Å². The first kappa shape index (κ1) is 24.4. The molecule has 0 saturated carbocycles. The van der Waals surface area contributed by atoms with Gasteiger partial charge in [-0.25, -0.2) is 4.98 Å². The van der Waals surface area contributed by atoms with Crippen LogP contribution in [0.5, 0.6) is 11.5 Å². The van der Waals surface area contributed by atoms with Crippen LogP contribution in [0, 0.1) is 6.92 Å². The summed E-state index contributed by atoms with van der Waals surface area (Å²) >= 11 is 1.43. The number of hydrogen-bond donors (Lipinski definition) is 2. The number of imidazole rings is 1. The molecule has 0 saturated heterocycles. The van der Waals surface area contributed by atoms with Crippen molar-refractivity contribution < 1.29 is 14.3 Å². The van der Waals surface area contributed by atoms with Crippen molar-refractivity contribution in [2.24, 2.45) is 0 Å². The Hall–Kier alpha value is -3.71. The molecule has 0 radical (unpaired) electrons. The topological polar surface area (TPSA) is 76.2 Å². The van der Waals surface area contributed by atoms with E-state index in [1.54, 1.807) is 14.2 Å². The van der Waals surface area contributed by atoms with Crippen LogP contribution in [-0.2, 0) is 4.79 Å². The predicted molar refractivity (Wildman–Crippen MR) is 142 cm³/mol. The SMILES string of the molecule is CCC(Sc1nc(-c2ccc(OC)cc2)c(-c2ccc(OC)cc2)[nH]1)C(=O)Nc1cccc(C)c1. The summed E-state index contributed by atoms with van der Waals surface area (Å²) in [5, 5.41) is 3.43. The third kappa shape index (κ3) is 5.87. The van der Waals surface area contributed by atoms with E-state index in [-0.39, 0.29) is 11.2 Å². The zero-order valence-corrected chi connectivity index (χ0v) is 21.1. The molecular weight excluding hydrogens is 458 g/mol. The Morgan fingerprint density at radius 3 is 2.17 bits per heavy atom. The number of anilines is 1. The van der Waals surface area contributed by atoms with Crippen LogP contribution in [0.1, 0.15) is 18.9 Å². The van der Waals surface area contributed by atoms with Crippen LogP contribution in [-0.4, -0.2) is 35.3 Å². The molecule has 1 atom stereocenters. The minimum absolute atomic E-state index is 0.0449. The quantitative estimate of drug-likeness (QED) is 0.261. The fourth-order valence-corrected chi connectivity index (χ4v) is 4.64. The molecule has 180 valence electrons. The number of ether oxygens (including phenoxy) is 2. The number of benzene rings is 3. The molecule has 2 N–H and O–H groups in total. The Morgan fingerprint density at radius 1 is 0.971 bits per heavy atom. The maximum atomic E-state index is 13.0. The summed E-state index contributed by atoms with van der Waals surface area (Å²) in [6.45, 7) is 4.01. The molecule has 1 unspecified atom stereocenters. The van der Waals surface area contributed by atoms with Crippen molar-refractivity contribution in [3.05, 3.63) is 78.4 Å². The molecule has 0 spiro atoms. The monoisotopic (exact) mass is 487 g/mol. The summed E-state index contributed by atoms with van der Waals surface area (Å²) in [5.41, 5.74) is 5.53. The van der Waals surface area contributed by atoms with Crippen LogP contribution < -0.4 is 14.8 Å². The highest BCUT2D eigenvalue weighted by Crippen LogP contribution is 2.36. The molecule has 0 aliphatic carbocycles. The first-order valence-corrected chi connectivity index (χ1v) is 12.3. The van der Waals surface area contributed by atoms with Crippen molar-refractivity contribution in [2.75, 3.05) is 19.5 Å². The Balaban J connectivity index is 1.64. The minimum Gasteiger partial charge on any atom is -0.497 e. The summed E-state index contributed by atoms with van der Waals surface area (Å²) in [7, 11) is 3.29. The number of aryl methyl sites for hydroxylation is 1. The average molecular weight is 488 g/mol. The number of nitrogens with zero attached hydrogens (tertiary/aromatic N) is 1. The van der Waals surface area contributed by atoms with Crippen molar-refractivity contribution >= 4 is 23.4 Å². The summed E-state index contributed by atoms with van der Waals surface area (Å²) in [6.07, 6.45) is 0.665. The van der Waals surface area contributed by atoms with Gasteiger partial charge in [-0.3, -0.25) is 4.79 Å². The lowest BCUT2D eigenvalue weighted by atomic mass is 10.0. The molecule has 4 rings (SSSR count). The van der Waals surface area contributed by atoms with E-state index in [0.29, 0.717) is 11.6 Å². The van der Waals surface area contributed by atoms with Crippen molar-refractivity contribution in [2.45, 2.75) is 30.7 Å². The average Bonchev–Trinajstić information content (AvgIpc) is 3.31. The van der Waals surface area contributed by atoms with Gasteiger partial charge in [0.15, 0.2) is 5.16 Å².